The minimum atomic E-state index is -0.787. The fraction of sp³-hybridized carbons (Fsp3) is 0.783. The molecule has 0 N–H and O–H groups in total. The predicted octanol–water partition coefficient (Wildman–Crippen LogP) is 22.1. The molecule has 0 aromatic rings. The largest absolute Gasteiger partial charge is 0.462 e. The molecular weight excluding hydrogens is 925 g/mol. The van der Waals surface area contributed by atoms with Gasteiger partial charge in [0.15, 0.2) is 6.10 Å². The van der Waals surface area contributed by atoms with Crippen LogP contribution in [0.5, 0.6) is 0 Å². The number of hydrogen-bond donors (Lipinski definition) is 0. The zero-order valence-electron chi connectivity index (χ0n) is 49.8. The molecule has 0 spiro atoms. The van der Waals surface area contributed by atoms with Gasteiger partial charge in [-0.15, -0.1) is 0 Å². The molecule has 0 amide bonds. The van der Waals surface area contributed by atoms with Crippen LogP contribution in [0.3, 0.4) is 0 Å². The third-order valence-corrected chi connectivity index (χ3v) is 14.2. The Bertz CT molecular complexity index is 1390. The van der Waals surface area contributed by atoms with Crippen molar-refractivity contribution in [2.45, 2.75) is 335 Å². The van der Waals surface area contributed by atoms with Gasteiger partial charge in [0.05, 0.1) is 0 Å². The van der Waals surface area contributed by atoms with Gasteiger partial charge in [-0.05, 0) is 116 Å². The summed E-state index contributed by atoms with van der Waals surface area (Å²) in [4.78, 5) is 38.4. The lowest BCUT2D eigenvalue weighted by Gasteiger charge is -2.18. The molecular formula is C69H122O6. The summed E-state index contributed by atoms with van der Waals surface area (Å²) in [5.74, 6) is -0.887. The van der Waals surface area contributed by atoms with Crippen LogP contribution < -0.4 is 0 Å². The predicted molar refractivity (Wildman–Crippen MR) is 325 cm³/mol. The fourth-order valence-corrected chi connectivity index (χ4v) is 9.24. The molecule has 0 aromatic heterocycles. The summed E-state index contributed by atoms with van der Waals surface area (Å²) in [7, 11) is 0. The molecule has 0 heterocycles. The molecule has 0 rings (SSSR count). The highest BCUT2D eigenvalue weighted by Gasteiger charge is 2.19. The average molecular weight is 1050 g/mol. The van der Waals surface area contributed by atoms with Crippen LogP contribution in [0.25, 0.3) is 0 Å². The van der Waals surface area contributed by atoms with Gasteiger partial charge in [-0.25, -0.2) is 0 Å². The van der Waals surface area contributed by atoms with Crippen LogP contribution in [0.2, 0.25) is 0 Å². The van der Waals surface area contributed by atoms with Crippen LogP contribution in [-0.2, 0) is 28.6 Å². The Morgan fingerprint density at radius 2 is 0.480 bits per heavy atom. The number of esters is 3. The van der Waals surface area contributed by atoms with E-state index in [0.29, 0.717) is 19.3 Å². The molecule has 0 bridgehead atoms. The summed E-state index contributed by atoms with van der Waals surface area (Å²) in [5.41, 5.74) is 0. The Balaban J connectivity index is 4.39. The Kier molecular flexibility index (Phi) is 60.7. The second kappa shape index (κ2) is 63.4. The molecule has 0 radical (unpaired) electrons. The number of hydrogen-bond acceptors (Lipinski definition) is 6. The van der Waals surface area contributed by atoms with Gasteiger partial charge < -0.3 is 14.2 Å². The third-order valence-electron chi connectivity index (χ3n) is 14.2. The molecule has 75 heavy (non-hydrogen) atoms. The first-order valence-electron chi connectivity index (χ1n) is 32.4. The van der Waals surface area contributed by atoms with Gasteiger partial charge in [0.1, 0.15) is 13.2 Å². The lowest BCUT2D eigenvalue weighted by molar-refractivity contribution is -0.167. The minimum absolute atomic E-state index is 0.0823. The van der Waals surface area contributed by atoms with E-state index < -0.39 is 6.10 Å². The zero-order chi connectivity index (χ0) is 54.3. The molecule has 0 aliphatic carbocycles. The number of unbranched alkanes of at least 4 members (excludes halogenated alkanes) is 36. The van der Waals surface area contributed by atoms with Crippen LogP contribution in [0.4, 0.5) is 0 Å². The summed E-state index contributed by atoms with van der Waals surface area (Å²) in [6.45, 7) is 6.62. The highest BCUT2D eigenvalue weighted by Crippen LogP contribution is 2.16. The van der Waals surface area contributed by atoms with Gasteiger partial charge >= 0.3 is 17.9 Å². The van der Waals surface area contributed by atoms with E-state index >= 15 is 0 Å². The first-order valence-corrected chi connectivity index (χ1v) is 32.4. The maximum absolute atomic E-state index is 12.9. The molecule has 0 aromatic carbocycles. The van der Waals surface area contributed by atoms with Gasteiger partial charge in [0.25, 0.3) is 0 Å². The van der Waals surface area contributed by atoms with Crippen molar-refractivity contribution in [3.8, 4) is 0 Å². The quantitative estimate of drug-likeness (QED) is 0.0261. The number of carbonyl (C=O) groups is 3. The van der Waals surface area contributed by atoms with Crippen LogP contribution in [0, 0.1) is 0 Å². The topological polar surface area (TPSA) is 78.9 Å². The zero-order valence-corrected chi connectivity index (χ0v) is 49.8. The monoisotopic (exact) mass is 1050 g/mol. The summed E-state index contributed by atoms with van der Waals surface area (Å²) in [6, 6.07) is 0. The summed E-state index contributed by atoms with van der Waals surface area (Å²) >= 11 is 0. The molecule has 0 aliphatic heterocycles. The van der Waals surface area contributed by atoms with E-state index in [0.717, 1.165) is 89.9 Å². The minimum Gasteiger partial charge on any atom is -0.462 e. The Morgan fingerprint density at radius 1 is 0.267 bits per heavy atom. The highest BCUT2D eigenvalue weighted by molar-refractivity contribution is 5.71. The number of allylic oxidation sites excluding steroid dienone is 12. The molecule has 6 heteroatoms. The second-order valence-electron chi connectivity index (χ2n) is 21.7. The van der Waals surface area contributed by atoms with Crippen molar-refractivity contribution >= 4 is 17.9 Å². The van der Waals surface area contributed by atoms with E-state index in [2.05, 4.69) is 93.7 Å². The van der Waals surface area contributed by atoms with Crippen molar-refractivity contribution in [3.63, 3.8) is 0 Å². The van der Waals surface area contributed by atoms with Crippen LogP contribution in [0.15, 0.2) is 72.9 Å². The molecule has 0 fully saturated rings. The van der Waals surface area contributed by atoms with Gasteiger partial charge in [-0.2, -0.15) is 0 Å². The van der Waals surface area contributed by atoms with Crippen molar-refractivity contribution in [2.75, 3.05) is 13.2 Å². The van der Waals surface area contributed by atoms with E-state index in [1.165, 1.54) is 199 Å². The lowest BCUT2D eigenvalue weighted by atomic mass is 10.1. The van der Waals surface area contributed by atoms with E-state index in [-0.39, 0.29) is 31.1 Å². The second-order valence-corrected chi connectivity index (χ2v) is 21.7. The van der Waals surface area contributed by atoms with Crippen molar-refractivity contribution in [2.24, 2.45) is 0 Å². The Hall–Kier alpha value is -3.15. The van der Waals surface area contributed by atoms with E-state index in [1.54, 1.807) is 0 Å². The maximum Gasteiger partial charge on any atom is 0.306 e. The third kappa shape index (κ3) is 61.6. The SMILES string of the molecule is CCCCCC/C=C\C/C=C\CCCCCCCCCC(=O)OCC(COC(=O)CCCCCCCCCCC/C=C\C/C=C\CCCCCCC)OC(=O)CCCCCCCCC/C=C\C/C=C\CCCCCC. The summed E-state index contributed by atoms with van der Waals surface area (Å²) < 4.78 is 16.9. The van der Waals surface area contributed by atoms with Crippen LogP contribution >= 0.6 is 0 Å². The van der Waals surface area contributed by atoms with Gasteiger partial charge in [-0.3, -0.25) is 14.4 Å². The average Bonchev–Trinajstić information content (AvgIpc) is 3.41. The standard InChI is InChI=1S/C69H122O6/c1-4-7-10-13-16-19-22-25-28-31-34-35-36-39-41-44-47-50-53-56-59-62-68(71)74-65-66(75-69(72)63-60-57-54-51-48-45-42-38-33-30-27-24-21-18-15-12-9-6-3)64-73-67(70)61-58-55-52-49-46-43-40-37-32-29-26-23-20-17-14-11-8-5-2/h20-25,29-34,66H,4-19,26-28,35-65H2,1-3H3/b23-20-,24-21-,25-22-,32-29-,33-30-,34-31-. The van der Waals surface area contributed by atoms with Crippen molar-refractivity contribution in [1.29, 1.82) is 0 Å². The number of carbonyl (C=O) groups excluding carboxylic acids is 3. The van der Waals surface area contributed by atoms with E-state index in [1.807, 2.05) is 0 Å². The summed E-state index contributed by atoms with van der Waals surface area (Å²) in [5, 5.41) is 0. The molecule has 6 nitrogen and oxygen atoms in total. The van der Waals surface area contributed by atoms with Crippen molar-refractivity contribution in [3.05, 3.63) is 72.9 Å². The van der Waals surface area contributed by atoms with Crippen molar-refractivity contribution in [1.82, 2.24) is 0 Å². The first-order chi connectivity index (χ1) is 37.0. The molecule has 0 aliphatic rings. The van der Waals surface area contributed by atoms with Gasteiger partial charge in [0, 0.05) is 19.3 Å². The number of rotatable bonds is 59. The first kappa shape index (κ1) is 71.8. The van der Waals surface area contributed by atoms with Crippen molar-refractivity contribution < 1.29 is 28.6 Å². The van der Waals surface area contributed by atoms with E-state index in [4.69, 9.17) is 14.2 Å². The molecule has 434 valence electrons. The normalized spacial score (nSPS) is 12.5. The molecule has 0 saturated heterocycles. The smallest absolute Gasteiger partial charge is 0.306 e. The maximum atomic E-state index is 12.9. The fourth-order valence-electron chi connectivity index (χ4n) is 9.24. The lowest BCUT2D eigenvalue weighted by Crippen LogP contribution is -2.30. The van der Waals surface area contributed by atoms with Crippen LogP contribution in [-0.4, -0.2) is 37.2 Å². The Morgan fingerprint density at radius 3 is 0.747 bits per heavy atom. The summed E-state index contributed by atoms with van der Waals surface area (Å²) in [6.07, 6.45) is 81.8. The molecule has 1 unspecified atom stereocenters. The van der Waals surface area contributed by atoms with Crippen LogP contribution in [0.1, 0.15) is 329 Å². The molecule has 1 atom stereocenters. The van der Waals surface area contributed by atoms with Gasteiger partial charge in [0.2, 0.25) is 0 Å². The molecule has 0 saturated carbocycles. The number of ether oxygens (including phenoxy) is 3. The van der Waals surface area contributed by atoms with Gasteiger partial charge in [-0.1, -0.05) is 267 Å². The Labute approximate surface area is 465 Å². The van der Waals surface area contributed by atoms with E-state index in [9.17, 15) is 14.4 Å². The highest BCUT2D eigenvalue weighted by atomic mass is 16.6.